The highest BCUT2D eigenvalue weighted by atomic mass is 127. The molecule has 0 aromatic carbocycles. The summed E-state index contributed by atoms with van der Waals surface area (Å²) < 4.78 is 0.937. The van der Waals surface area contributed by atoms with Gasteiger partial charge in [0.25, 0.3) is 0 Å². The van der Waals surface area contributed by atoms with Crippen molar-refractivity contribution in [3.8, 4) is 0 Å². The minimum atomic E-state index is 0.676. The van der Waals surface area contributed by atoms with Crippen molar-refractivity contribution in [1.82, 2.24) is 0 Å². The maximum atomic E-state index is 4.69. The maximum Gasteiger partial charge on any atom is 0.0135 e. The molecule has 94 valence electrons. The minimum absolute atomic E-state index is 0.676. The van der Waals surface area contributed by atoms with Gasteiger partial charge in [0.1, 0.15) is 0 Å². The van der Waals surface area contributed by atoms with Gasteiger partial charge in [0.2, 0.25) is 0 Å². The van der Waals surface area contributed by atoms with E-state index in [0.717, 1.165) is 27.6 Å². The number of hydrogen-bond donors (Lipinski definition) is 1. The molecule has 0 bridgehead atoms. The molecule has 0 heterocycles. The molecule has 0 aliphatic heterocycles. The van der Waals surface area contributed by atoms with Crippen molar-refractivity contribution in [1.29, 1.82) is 0 Å². The van der Waals surface area contributed by atoms with Crippen LogP contribution in [0.15, 0.2) is 0 Å². The van der Waals surface area contributed by atoms with Crippen molar-refractivity contribution in [2.45, 2.75) is 61.5 Å². The second-order valence-corrected chi connectivity index (χ2v) is 8.45. The molecule has 0 spiro atoms. The van der Waals surface area contributed by atoms with Crippen LogP contribution in [0.3, 0.4) is 0 Å². The number of halogens is 1. The van der Waals surface area contributed by atoms with E-state index in [1.807, 2.05) is 0 Å². The van der Waals surface area contributed by atoms with E-state index < -0.39 is 0 Å². The van der Waals surface area contributed by atoms with Crippen molar-refractivity contribution in [3.63, 3.8) is 0 Å². The summed E-state index contributed by atoms with van der Waals surface area (Å²) >= 11 is 7.35. The second-order valence-electron chi connectivity index (χ2n) is 6.18. The molecule has 2 rings (SSSR count). The molecule has 0 nitrogen and oxygen atoms in total. The van der Waals surface area contributed by atoms with Gasteiger partial charge in [-0.25, -0.2) is 0 Å². The lowest BCUT2D eigenvalue weighted by atomic mass is 9.68. The Labute approximate surface area is 120 Å². The highest BCUT2D eigenvalue weighted by Gasteiger charge is 2.34. The second kappa shape index (κ2) is 5.81. The molecule has 16 heavy (non-hydrogen) atoms. The fraction of sp³-hybridized carbons (Fsp3) is 1.00. The highest BCUT2D eigenvalue weighted by molar-refractivity contribution is 14.1. The Morgan fingerprint density at radius 1 is 0.875 bits per heavy atom. The first-order valence-electron chi connectivity index (χ1n) is 6.90. The van der Waals surface area contributed by atoms with Crippen molar-refractivity contribution in [3.05, 3.63) is 0 Å². The zero-order chi connectivity index (χ0) is 11.7. The summed E-state index contributed by atoms with van der Waals surface area (Å²) in [4.78, 5) is 0. The van der Waals surface area contributed by atoms with E-state index in [4.69, 9.17) is 12.6 Å². The van der Waals surface area contributed by atoms with Crippen molar-refractivity contribution < 1.29 is 0 Å². The number of thiol groups is 1. The molecule has 2 aliphatic rings. The Kier molecular flexibility index (Phi) is 4.91. The van der Waals surface area contributed by atoms with Crippen LogP contribution in [-0.2, 0) is 0 Å². The monoisotopic (exact) mass is 352 g/mol. The van der Waals surface area contributed by atoms with E-state index >= 15 is 0 Å². The lowest BCUT2D eigenvalue weighted by molar-refractivity contribution is 0.152. The topological polar surface area (TPSA) is 0 Å². The predicted octanol–water partition coefficient (Wildman–Crippen LogP) is 4.96. The van der Waals surface area contributed by atoms with E-state index in [0.29, 0.717) is 5.25 Å². The first kappa shape index (κ1) is 13.5. The number of alkyl halides is 1. The zero-order valence-corrected chi connectivity index (χ0v) is 13.6. The molecule has 2 aliphatic carbocycles. The molecule has 0 aromatic rings. The molecule has 0 amide bonds. The fourth-order valence-electron chi connectivity index (χ4n) is 3.68. The number of rotatable bonds is 1. The van der Waals surface area contributed by atoms with Crippen LogP contribution in [0.4, 0.5) is 0 Å². The largest absolute Gasteiger partial charge is 0.176 e. The van der Waals surface area contributed by atoms with Crippen LogP contribution in [-0.4, -0.2) is 9.17 Å². The first-order chi connectivity index (χ1) is 7.58. The van der Waals surface area contributed by atoms with E-state index in [-0.39, 0.29) is 0 Å². The third-order valence-corrected chi connectivity index (χ3v) is 7.55. The van der Waals surface area contributed by atoms with Gasteiger partial charge in [-0.05, 0) is 62.2 Å². The average Bonchev–Trinajstić information content (AvgIpc) is 2.26. The molecule has 0 saturated heterocycles. The summed E-state index contributed by atoms with van der Waals surface area (Å²) in [6, 6.07) is 0. The van der Waals surface area contributed by atoms with Gasteiger partial charge in [-0.1, -0.05) is 36.4 Å². The van der Waals surface area contributed by atoms with Gasteiger partial charge >= 0.3 is 0 Å². The Balaban J connectivity index is 1.88. The predicted molar refractivity (Wildman–Crippen MR) is 83.6 cm³/mol. The van der Waals surface area contributed by atoms with E-state index in [1.54, 1.807) is 0 Å². The molecule has 6 unspecified atom stereocenters. The third kappa shape index (κ3) is 3.09. The van der Waals surface area contributed by atoms with Gasteiger partial charge in [-0.15, -0.1) is 0 Å². The van der Waals surface area contributed by atoms with Gasteiger partial charge in [-0.2, -0.15) is 12.6 Å². The highest BCUT2D eigenvalue weighted by Crippen LogP contribution is 2.44. The zero-order valence-electron chi connectivity index (χ0n) is 10.5. The van der Waals surface area contributed by atoms with E-state index in [9.17, 15) is 0 Å². The van der Waals surface area contributed by atoms with Crippen LogP contribution in [0.1, 0.15) is 52.4 Å². The Morgan fingerprint density at radius 2 is 1.44 bits per heavy atom. The summed E-state index contributed by atoms with van der Waals surface area (Å²) in [6.07, 6.45) is 8.68. The van der Waals surface area contributed by atoms with Crippen LogP contribution in [0.25, 0.3) is 0 Å². The van der Waals surface area contributed by atoms with Crippen LogP contribution >= 0.6 is 35.2 Å². The van der Waals surface area contributed by atoms with Crippen molar-refractivity contribution in [2.75, 3.05) is 0 Å². The van der Waals surface area contributed by atoms with E-state index in [1.165, 1.54) is 38.5 Å². The smallest absolute Gasteiger partial charge is 0.0135 e. The first-order valence-corrected chi connectivity index (χ1v) is 8.66. The van der Waals surface area contributed by atoms with Crippen LogP contribution in [0.5, 0.6) is 0 Å². The lowest BCUT2D eigenvalue weighted by Gasteiger charge is -2.40. The van der Waals surface area contributed by atoms with E-state index in [2.05, 4.69) is 36.4 Å². The molecule has 6 atom stereocenters. The number of hydrogen-bond acceptors (Lipinski definition) is 1. The average molecular weight is 352 g/mol. The van der Waals surface area contributed by atoms with Crippen molar-refractivity contribution >= 4 is 35.2 Å². The summed E-state index contributed by atoms with van der Waals surface area (Å²) in [6.45, 7) is 4.86. The van der Waals surface area contributed by atoms with Gasteiger partial charge in [-0.3, -0.25) is 0 Å². The van der Waals surface area contributed by atoms with Crippen molar-refractivity contribution in [2.24, 2.45) is 23.7 Å². The van der Waals surface area contributed by atoms with Crippen LogP contribution in [0.2, 0.25) is 0 Å². The summed E-state index contributed by atoms with van der Waals surface area (Å²) in [7, 11) is 0. The Bertz CT molecular complexity index is 207. The Morgan fingerprint density at radius 3 is 2.00 bits per heavy atom. The third-order valence-electron chi connectivity index (χ3n) is 4.94. The molecule has 2 fully saturated rings. The maximum absolute atomic E-state index is 4.69. The molecular weight excluding hydrogens is 327 g/mol. The SMILES string of the molecule is CC1CC(C2CCC(I)C(C)C2)CCC1S. The molecular formula is C14H25IS. The minimum Gasteiger partial charge on any atom is -0.176 e. The summed E-state index contributed by atoms with van der Waals surface area (Å²) in [5.74, 6) is 3.84. The quantitative estimate of drug-likeness (QED) is 0.385. The van der Waals surface area contributed by atoms with Gasteiger partial charge in [0, 0.05) is 9.17 Å². The molecule has 2 saturated carbocycles. The van der Waals surface area contributed by atoms with Gasteiger partial charge in [0.15, 0.2) is 0 Å². The molecule has 0 aromatic heterocycles. The van der Waals surface area contributed by atoms with Gasteiger partial charge in [0.05, 0.1) is 0 Å². The van der Waals surface area contributed by atoms with Crippen LogP contribution in [0, 0.1) is 23.7 Å². The Hall–Kier alpha value is 1.08. The van der Waals surface area contributed by atoms with Crippen LogP contribution < -0.4 is 0 Å². The lowest BCUT2D eigenvalue weighted by Crippen LogP contribution is -2.32. The normalized spacial score (nSPS) is 50.2. The molecule has 0 N–H and O–H groups in total. The molecule has 0 radical (unpaired) electrons. The fourth-order valence-corrected chi connectivity index (χ4v) is 4.60. The summed E-state index contributed by atoms with van der Waals surface area (Å²) in [5, 5.41) is 0.676. The summed E-state index contributed by atoms with van der Waals surface area (Å²) in [5.41, 5.74) is 0. The standard InChI is InChI=1S/C14H25IS/c1-9-7-11(3-5-13(9)15)12-4-6-14(16)10(2)8-12/h9-14,16H,3-8H2,1-2H3. The van der Waals surface area contributed by atoms with Gasteiger partial charge < -0.3 is 0 Å². The molecule has 2 heteroatoms.